The fourth-order valence-electron chi connectivity index (χ4n) is 3.80. The van der Waals surface area contributed by atoms with E-state index >= 15 is 0 Å². The van der Waals surface area contributed by atoms with Crippen molar-refractivity contribution in [2.45, 2.75) is 32.7 Å². The number of aromatic nitrogens is 2. The van der Waals surface area contributed by atoms with Crippen LogP contribution in [-0.4, -0.2) is 33.7 Å². The minimum Gasteiger partial charge on any atom is -0.423 e. The highest BCUT2D eigenvalue weighted by atomic mass is 16.4. The Morgan fingerprint density at radius 2 is 2.07 bits per heavy atom. The maximum atomic E-state index is 12.8. The Morgan fingerprint density at radius 3 is 2.81 bits per heavy atom. The van der Waals surface area contributed by atoms with Crippen molar-refractivity contribution in [1.29, 1.82) is 0 Å². The first kappa shape index (κ1) is 17.5. The monoisotopic (exact) mass is 365 g/mol. The summed E-state index contributed by atoms with van der Waals surface area (Å²) >= 11 is 0. The zero-order valence-corrected chi connectivity index (χ0v) is 15.4. The van der Waals surface area contributed by atoms with Crippen molar-refractivity contribution in [2.75, 3.05) is 13.1 Å². The van der Waals surface area contributed by atoms with Crippen LogP contribution in [0.5, 0.6) is 0 Å². The van der Waals surface area contributed by atoms with Crippen LogP contribution < -0.4 is 5.63 Å². The van der Waals surface area contributed by atoms with E-state index < -0.39 is 5.63 Å². The number of carbonyl (C=O) groups excluding carboxylic acids is 1. The first-order valence-electron chi connectivity index (χ1n) is 9.37. The number of hydrogen-bond donors (Lipinski definition) is 0. The Bertz CT molecular complexity index is 999. The summed E-state index contributed by atoms with van der Waals surface area (Å²) in [5.41, 5.74) is 1.90. The van der Waals surface area contributed by atoms with Crippen LogP contribution in [0.4, 0.5) is 0 Å². The summed E-state index contributed by atoms with van der Waals surface area (Å²) in [4.78, 5) is 26.6. The average molecular weight is 365 g/mol. The molecule has 1 aliphatic rings. The minimum atomic E-state index is -0.408. The zero-order chi connectivity index (χ0) is 18.8. The molecule has 1 saturated heterocycles. The van der Waals surface area contributed by atoms with Crippen LogP contribution in [0.15, 0.2) is 51.9 Å². The predicted octanol–water partition coefficient (Wildman–Crippen LogP) is 2.78. The van der Waals surface area contributed by atoms with Gasteiger partial charge in [-0.3, -0.25) is 9.48 Å². The number of amides is 1. The van der Waals surface area contributed by atoms with Crippen LogP contribution in [0.1, 0.15) is 24.0 Å². The Kier molecular flexibility index (Phi) is 4.79. The lowest BCUT2D eigenvalue weighted by Gasteiger charge is -2.32. The summed E-state index contributed by atoms with van der Waals surface area (Å²) in [6, 6.07) is 9.11. The molecule has 0 bridgehead atoms. The van der Waals surface area contributed by atoms with Crippen molar-refractivity contribution >= 4 is 16.9 Å². The van der Waals surface area contributed by atoms with Crippen molar-refractivity contribution in [2.24, 2.45) is 5.92 Å². The second-order valence-corrected chi connectivity index (χ2v) is 7.32. The Hall–Kier alpha value is -2.89. The number of likely N-dealkylation sites (tertiary alicyclic amines) is 1. The van der Waals surface area contributed by atoms with Gasteiger partial charge in [-0.25, -0.2) is 4.79 Å². The molecule has 1 fully saturated rings. The van der Waals surface area contributed by atoms with Crippen LogP contribution in [0.2, 0.25) is 0 Å². The van der Waals surface area contributed by atoms with Gasteiger partial charge in [-0.2, -0.15) is 5.10 Å². The Labute approximate surface area is 157 Å². The fourth-order valence-corrected chi connectivity index (χ4v) is 3.80. The Morgan fingerprint density at radius 1 is 1.26 bits per heavy atom. The van der Waals surface area contributed by atoms with Gasteiger partial charge in [0, 0.05) is 43.5 Å². The number of aryl methyl sites for hydroxylation is 1. The maximum Gasteiger partial charge on any atom is 0.336 e. The van der Waals surface area contributed by atoms with Gasteiger partial charge >= 0.3 is 5.63 Å². The van der Waals surface area contributed by atoms with E-state index in [0.717, 1.165) is 49.0 Å². The van der Waals surface area contributed by atoms with E-state index in [4.69, 9.17) is 4.42 Å². The molecule has 0 atom stereocenters. The van der Waals surface area contributed by atoms with E-state index in [1.54, 1.807) is 6.20 Å². The molecule has 0 radical (unpaired) electrons. The minimum absolute atomic E-state index is 0.0695. The standard InChI is InChI=1S/C21H23N3O3/c1-15-3-4-18-17(13-21(26)27-19(18)11-15)12-20(25)23-9-5-16(6-10-23)14-24-8-2-7-22-24/h2-4,7-8,11,13,16H,5-6,9-10,12,14H2,1H3. The molecule has 27 heavy (non-hydrogen) atoms. The van der Waals surface area contributed by atoms with Gasteiger partial charge in [0.15, 0.2) is 0 Å². The van der Waals surface area contributed by atoms with Crippen LogP contribution in [0, 0.1) is 12.8 Å². The van der Waals surface area contributed by atoms with Crippen molar-refractivity contribution in [3.8, 4) is 0 Å². The van der Waals surface area contributed by atoms with E-state index in [0.29, 0.717) is 11.5 Å². The highest BCUT2D eigenvalue weighted by Crippen LogP contribution is 2.22. The molecule has 2 aromatic heterocycles. The van der Waals surface area contributed by atoms with E-state index in [2.05, 4.69) is 5.10 Å². The molecule has 0 aliphatic carbocycles. The SMILES string of the molecule is Cc1ccc2c(CC(=O)N3CCC(Cn4cccn4)CC3)cc(=O)oc2c1. The molecule has 0 unspecified atom stereocenters. The summed E-state index contributed by atoms with van der Waals surface area (Å²) in [7, 11) is 0. The highest BCUT2D eigenvalue weighted by molar-refractivity contribution is 5.87. The third-order valence-corrected chi connectivity index (χ3v) is 5.30. The summed E-state index contributed by atoms with van der Waals surface area (Å²) < 4.78 is 7.24. The van der Waals surface area contributed by atoms with Gasteiger partial charge in [-0.1, -0.05) is 12.1 Å². The molecular formula is C21H23N3O3. The molecule has 0 spiro atoms. The number of fused-ring (bicyclic) bond motifs is 1. The number of carbonyl (C=O) groups is 1. The lowest BCUT2D eigenvalue weighted by Crippen LogP contribution is -2.40. The van der Waals surface area contributed by atoms with Crippen molar-refractivity contribution in [3.63, 3.8) is 0 Å². The van der Waals surface area contributed by atoms with E-state index in [9.17, 15) is 9.59 Å². The third-order valence-electron chi connectivity index (χ3n) is 5.30. The number of rotatable bonds is 4. The van der Waals surface area contributed by atoms with E-state index in [1.165, 1.54) is 6.07 Å². The van der Waals surface area contributed by atoms with Crippen molar-refractivity contribution in [3.05, 3.63) is 64.3 Å². The maximum absolute atomic E-state index is 12.8. The van der Waals surface area contributed by atoms with Crippen LogP contribution in [0.3, 0.4) is 0 Å². The molecule has 1 aromatic carbocycles. The first-order valence-corrected chi connectivity index (χ1v) is 9.37. The van der Waals surface area contributed by atoms with Gasteiger partial charge in [0.2, 0.25) is 5.91 Å². The van der Waals surface area contributed by atoms with Crippen LogP contribution in [0.25, 0.3) is 11.0 Å². The second kappa shape index (κ2) is 7.39. The lowest BCUT2D eigenvalue weighted by molar-refractivity contribution is -0.131. The van der Waals surface area contributed by atoms with E-state index in [1.807, 2.05) is 47.0 Å². The topological polar surface area (TPSA) is 68.3 Å². The molecule has 0 saturated carbocycles. The lowest BCUT2D eigenvalue weighted by atomic mass is 9.96. The largest absolute Gasteiger partial charge is 0.423 e. The van der Waals surface area contributed by atoms with Crippen molar-refractivity contribution < 1.29 is 9.21 Å². The van der Waals surface area contributed by atoms with Gasteiger partial charge < -0.3 is 9.32 Å². The van der Waals surface area contributed by atoms with Gasteiger partial charge in [-0.05, 0) is 48.9 Å². The number of benzene rings is 1. The molecule has 3 heterocycles. The van der Waals surface area contributed by atoms with Crippen LogP contribution >= 0.6 is 0 Å². The van der Waals surface area contributed by atoms with E-state index in [-0.39, 0.29) is 12.3 Å². The second-order valence-electron chi connectivity index (χ2n) is 7.32. The van der Waals surface area contributed by atoms with Crippen molar-refractivity contribution in [1.82, 2.24) is 14.7 Å². The molecule has 140 valence electrons. The molecule has 6 heteroatoms. The molecule has 0 N–H and O–H groups in total. The fraction of sp³-hybridized carbons (Fsp3) is 0.381. The Balaban J connectivity index is 1.43. The zero-order valence-electron chi connectivity index (χ0n) is 15.4. The summed E-state index contributed by atoms with van der Waals surface area (Å²) in [6.45, 7) is 4.36. The molecular weight excluding hydrogens is 342 g/mol. The highest BCUT2D eigenvalue weighted by Gasteiger charge is 2.24. The normalized spacial score (nSPS) is 15.4. The van der Waals surface area contributed by atoms with Gasteiger partial charge in [0.1, 0.15) is 5.58 Å². The average Bonchev–Trinajstić information content (AvgIpc) is 3.14. The molecule has 1 amide bonds. The first-order chi connectivity index (χ1) is 13.1. The van der Waals surface area contributed by atoms with Crippen LogP contribution in [-0.2, 0) is 17.8 Å². The summed E-state index contributed by atoms with van der Waals surface area (Å²) in [5, 5.41) is 5.10. The summed E-state index contributed by atoms with van der Waals surface area (Å²) in [5.74, 6) is 0.613. The van der Waals surface area contributed by atoms with Gasteiger partial charge in [-0.15, -0.1) is 0 Å². The quantitative estimate of drug-likeness (QED) is 0.667. The third kappa shape index (κ3) is 3.94. The number of hydrogen-bond acceptors (Lipinski definition) is 4. The van der Waals surface area contributed by atoms with Gasteiger partial charge in [0.25, 0.3) is 0 Å². The molecule has 4 rings (SSSR count). The summed E-state index contributed by atoms with van der Waals surface area (Å²) in [6.07, 6.45) is 5.95. The molecule has 3 aromatic rings. The predicted molar refractivity (Wildman–Crippen MR) is 102 cm³/mol. The molecule has 6 nitrogen and oxygen atoms in total. The molecule has 1 aliphatic heterocycles. The number of nitrogens with zero attached hydrogens (tertiary/aromatic N) is 3. The number of piperidine rings is 1. The smallest absolute Gasteiger partial charge is 0.336 e. The van der Waals surface area contributed by atoms with Gasteiger partial charge in [0.05, 0.1) is 6.42 Å².